The Morgan fingerprint density at radius 1 is 0.901 bits per heavy atom. The molecule has 26 atom stereocenters. The average Bonchev–Trinajstić information content (AvgIpc) is 2.79. The van der Waals surface area contributed by atoms with Crippen LogP contribution in [0.25, 0.3) is 0 Å². The summed E-state index contributed by atoms with van der Waals surface area (Å²) in [6, 6.07) is -1.14. The summed E-state index contributed by atoms with van der Waals surface area (Å²) in [5, 5.41) is 88.9. The van der Waals surface area contributed by atoms with Gasteiger partial charge in [-0.25, -0.2) is 0 Å². The van der Waals surface area contributed by atoms with Gasteiger partial charge >= 0.3 is 5.97 Å². The normalized spacial score (nSPS) is 50.3. The predicted octanol–water partition coefficient (Wildman–Crippen LogP) is 4.39. The molecule has 3 saturated carbocycles. The number of hydrogen-bond donors (Lipinski definition) is 8. The minimum absolute atomic E-state index is 0.0723. The number of amides is 1. The van der Waals surface area contributed by atoms with Gasteiger partial charge in [0, 0.05) is 62.0 Å². The molecule has 0 bridgehead atoms. The Labute approximate surface area is 486 Å². The smallest absolute Gasteiger partial charge is 0.311 e. The van der Waals surface area contributed by atoms with E-state index in [1.807, 2.05) is 64.6 Å². The summed E-state index contributed by atoms with van der Waals surface area (Å²) in [5.74, 6) is -4.70. The monoisotopic (exact) mass is 1170 g/mol. The van der Waals surface area contributed by atoms with Crippen molar-refractivity contribution < 1.29 is 78.6 Å². The summed E-state index contributed by atoms with van der Waals surface area (Å²) in [7, 11) is 5.22. The van der Waals surface area contributed by atoms with Gasteiger partial charge < -0.3 is 74.4 Å². The highest BCUT2D eigenvalue weighted by Crippen LogP contribution is 2.71. The number of fused-ring (bicyclic) bond motifs is 5. The second-order valence-electron chi connectivity index (χ2n) is 27.5. The van der Waals surface area contributed by atoms with Crippen molar-refractivity contribution in [3.63, 3.8) is 0 Å². The van der Waals surface area contributed by atoms with Gasteiger partial charge in [0.05, 0.1) is 52.5 Å². The highest BCUT2D eigenvalue weighted by atomic mass is 35.5. The molecule has 3 heterocycles. The van der Waals surface area contributed by atoms with Crippen molar-refractivity contribution in [2.24, 2.45) is 46.3 Å². The summed E-state index contributed by atoms with van der Waals surface area (Å²) in [6.45, 7) is 23.7. The number of allylic oxidation sites excluding steroid dienone is 4. The van der Waals surface area contributed by atoms with Crippen LogP contribution in [-0.2, 0) is 42.8 Å². The fourth-order valence-electron chi connectivity index (χ4n) is 16.5. The van der Waals surface area contributed by atoms with E-state index in [9.17, 15) is 50.1 Å². The zero-order valence-corrected chi connectivity index (χ0v) is 52.0. The molecular weight excluding hydrogens is 1070 g/mol. The average molecular weight is 1170 g/mol. The van der Waals surface area contributed by atoms with Crippen LogP contribution in [-0.4, -0.2) is 211 Å². The van der Waals surface area contributed by atoms with Crippen molar-refractivity contribution in [2.45, 2.75) is 255 Å². The van der Waals surface area contributed by atoms with Crippen molar-refractivity contribution in [3.05, 3.63) is 23.8 Å². The van der Waals surface area contributed by atoms with E-state index in [0.29, 0.717) is 32.1 Å². The first kappa shape index (κ1) is 66.3. The lowest BCUT2D eigenvalue weighted by atomic mass is 9.45. The first-order valence-electron chi connectivity index (χ1n) is 30.1. The first-order valence-corrected chi connectivity index (χ1v) is 30.5. The number of alkyl halides is 1. The van der Waals surface area contributed by atoms with Crippen LogP contribution < -0.4 is 5.32 Å². The molecule has 8 N–H and O–H groups in total. The van der Waals surface area contributed by atoms with E-state index < -0.39 is 135 Å². The molecule has 81 heavy (non-hydrogen) atoms. The standard InChI is InChI=1S/C61H102ClN3O16/c1-17-45-59(13,74)49(69)37(7)65(24-18-23-63-54(72)61(75)33(3)25-42-41-20-19-39-27-40(66)21-22-55(39,9)60(41,62)44(67)29-56(42,61)10)31-32(2)28-57(11,73)51(81-53-47(68)43(64(14)15)26-34(4)77-53)35(5)48(36(6)52(71)79-45)80-46-30-58(12,76-16)50(70)38(8)78-46/h21-22,27,32-38,41-51,53,67-70,73-75H,17-20,23-26,28-31H2,1-16H3,(H,63,72)/t32-,33+,34-,35+,36-,37-,38+,41+,42+,43+,44+,45-,46+,47-,48+,49-,50+,51-,53+,55+,56+,57-,58-,59-,60+,61+/m1/s1. The van der Waals surface area contributed by atoms with Crippen LogP contribution in [0.1, 0.15) is 148 Å². The van der Waals surface area contributed by atoms with E-state index in [0.717, 1.165) is 5.57 Å². The highest BCUT2D eigenvalue weighted by Gasteiger charge is 2.75. The van der Waals surface area contributed by atoms with Gasteiger partial charge in [0.25, 0.3) is 5.91 Å². The zero-order valence-electron chi connectivity index (χ0n) is 51.3. The number of esters is 1. The number of aliphatic hydroxyl groups is 7. The number of hydrogen-bond acceptors (Lipinski definition) is 18. The summed E-state index contributed by atoms with van der Waals surface area (Å²) < 4.78 is 38.3. The Hall–Kier alpha value is -2.18. The molecule has 0 unspecified atom stereocenters. The summed E-state index contributed by atoms with van der Waals surface area (Å²) in [5.41, 5.74) is -7.62. The van der Waals surface area contributed by atoms with Crippen LogP contribution in [0.2, 0.25) is 0 Å². The second-order valence-corrected chi connectivity index (χ2v) is 28.1. The number of nitrogens with one attached hydrogen (secondary N) is 1. The van der Waals surface area contributed by atoms with Gasteiger partial charge in [-0.05, 0) is 150 Å². The van der Waals surface area contributed by atoms with Crippen molar-refractivity contribution in [3.8, 4) is 0 Å². The van der Waals surface area contributed by atoms with Crippen molar-refractivity contribution in [2.75, 3.05) is 40.8 Å². The third-order valence-corrected chi connectivity index (χ3v) is 22.4. The van der Waals surface area contributed by atoms with Crippen molar-refractivity contribution >= 4 is 29.3 Å². The lowest BCUT2D eigenvalue weighted by Gasteiger charge is -2.63. The largest absolute Gasteiger partial charge is 0.459 e. The molecule has 0 aromatic rings. The van der Waals surface area contributed by atoms with Gasteiger partial charge in [0.1, 0.15) is 30.0 Å². The molecular formula is C61H102ClN3O16. The number of ether oxygens (including phenoxy) is 6. The number of methoxy groups -OCH3 is 1. The maximum atomic E-state index is 14.7. The molecule has 19 nitrogen and oxygen atoms in total. The van der Waals surface area contributed by atoms with Gasteiger partial charge in [-0.2, -0.15) is 0 Å². The molecule has 0 spiro atoms. The van der Waals surface area contributed by atoms with E-state index in [1.165, 1.54) is 20.1 Å². The first-order chi connectivity index (χ1) is 37.5. The molecule has 0 aromatic carbocycles. The van der Waals surface area contributed by atoms with E-state index in [2.05, 4.69) is 5.32 Å². The maximum Gasteiger partial charge on any atom is 0.311 e. The number of likely N-dealkylation sites (N-methyl/N-ethyl adjacent to an activating group) is 1. The Bertz CT molecular complexity index is 2310. The lowest BCUT2D eigenvalue weighted by molar-refractivity contribution is -0.318. The van der Waals surface area contributed by atoms with E-state index >= 15 is 0 Å². The third kappa shape index (κ3) is 11.9. The summed E-state index contributed by atoms with van der Waals surface area (Å²) in [4.78, 5) is 44.6. The second kappa shape index (κ2) is 24.5. The van der Waals surface area contributed by atoms with Gasteiger partial charge in [0.15, 0.2) is 24.0 Å². The number of nitrogens with zero attached hydrogens (tertiary/aromatic N) is 2. The lowest BCUT2D eigenvalue weighted by Crippen LogP contribution is -2.69. The molecule has 0 aromatic heterocycles. The Morgan fingerprint density at radius 2 is 1.57 bits per heavy atom. The predicted molar refractivity (Wildman–Crippen MR) is 303 cm³/mol. The number of ketones is 1. The number of carbonyl (C=O) groups excluding carboxylic acids is 3. The van der Waals surface area contributed by atoms with Crippen LogP contribution in [0.3, 0.4) is 0 Å². The number of cyclic esters (lactones) is 1. The molecule has 1 amide bonds. The van der Waals surface area contributed by atoms with E-state index in [4.69, 9.17) is 40.0 Å². The van der Waals surface area contributed by atoms with Gasteiger partial charge in [0.2, 0.25) is 0 Å². The molecule has 7 rings (SSSR count). The Kier molecular flexibility index (Phi) is 20.1. The molecule has 0 radical (unpaired) electrons. The Morgan fingerprint density at radius 3 is 2.20 bits per heavy atom. The number of carbonyl (C=O) groups is 3. The van der Waals surface area contributed by atoms with Gasteiger partial charge in [-0.3, -0.25) is 19.3 Å². The van der Waals surface area contributed by atoms with Gasteiger partial charge in [-0.1, -0.05) is 53.2 Å². The molecule has 20 heteroatoms. The van der Waals surface area contributed by atoms with E-state index in [-0.39, 0.29) is 81.0 Å². The summed E-state index contributed by atoms with van der Waals surface area (Å²) >= 11 is 7.67. The molecule has 464 valence electrons. The minimum atomic E-state index is -2.00. The minimum Gasteiger partial charge on any atom is -0.459 e. The quantitative estimate of drug-likeness (QED) is 0.0765. The fourth-order valence-corrected chi connectivity index (χ4v) is 17.1. The van der Waals surface area contributed by atoms with Crippen LogP contribution in [0, 0.1) is 46.3 Å². The SMILES string of the molecule is CC[C@H]1OC(=O)[C@H](C)[C@@H](O[C@H]2C[C@@](C)(OC)[C@@H](O)[C@H](C)O2)[C@H](C)[C@@H](O[C@@H]2O[C@H](C)C[C@H](N(C)C)[C@H]2O)[C@](C)(O)C[C@@H](C)CN(CCCNC(=O)[C@@]2(O)[C@@H](C)C[C@H]3[C@@H]4CCC5=CC(=O)C=C[C@]5(C)[C@@]4(Cl)[C@@H](O)C[C@@]32C)[C@H](C)[C@@H](O)[C@]1(C)O. The van der Waals surface area contributed by atoms with E-state index in [1.54, 1.807) is 54.5 Å². The number of aliphatic hydroxyl groups excluding tert-OH is 4. The molecule has 3 saturated heterocycles. The van der Waals surface area contributed by atoms with Crippen LogP contribution >= 0.6 is 11.6 Å². The molecule has 4 aliphatic carbocycles. The van der Waals surface area contributed by atoms with Crippen molar-refractivity contribution in [1.82, 2.24) is 15.1 Å². The number of rotatable bonds is 12. The molecule has 7 aliphatic rings. The number of halogens is 1. The van der Waals surface area contributed by atoms with Gasteiger partial charge in [-0.15, -0.1) is 11.6 Å². The van der Waals surface area contributed by atoms with Crippen LogP contribution in [0.15, 0.2) is 23.8 Å². The third-order valence-electron chi connectivity index (χ3n) is 21.5. The van der Waals surface area contributed by atoms with Crippen LogP contribution in [0.4, 0.5) is 0 Å². The molecule has 3 aliphatic heterocycles. The van der Waals surface area contributed by atoms with Crippen LogP contribution in [0.5, 0.6) is 0 Å². The molecule has 6 fully saturated rings. The zero-order chi connectivity index (χ0) is 60.5. The Balaban J connectivity index is 1.16. The van der Waals surface area contributed by atoms with Crippen molar-refractivity contribution in [1.29, 1.82) is 0 Å². The highest BCUT2D eigenvalue weighted by molar-refractivity contribution is 6.26. The fraction of sp³-hybridized carbons (Fsp3) is 0.885. The maximum absolute atomic E-state index is 14.7. The summed E-state index contributed by atoms with van der Waals surface area (Å²) in [6.07, 6.45) is -3.64. The topological polar surface area (TPSA) is 267 Å².